The van der Waals surface area contributed by atoms with E-state index in [0.717, 1.165) is 27.2 Å². The minimum Gasteiger partial charge on any atom is -0.497 e. The fourth-order valence-electron chi connectivity index (χ4n) is 2.20. The van der Waals surface area contributed by atoms with E-state index in [-0.39, 0.29) is 5.91 Å². The summed E-state index contributed by atoms with van der Waals surface area (Å²) in [6.07, 6.45) is 0. The Kier molecular flexibility index (Phi) is 3.77. The Morgan fingerprint density at radius 1 is 1.18 bits per heavy atom. The molecule has 3 aromatic rings. The molecule has 0 aliphatic heterocycles. The van der Waals surface area contributed by atoms with Gasteiger partial charge in [0, 0.05) is 5.69 Å². The Morgan fingerprint density at radius 2 is 2.00 bits per heavy atom. The molecule has 0 aliphatic rings. The van der Waals surface area contributed by atoms with Gasteiger partial charge in [-0.3, -0.25) is 10.1 Å². The van der Waals surface area contributed by atoms with Gasteiger partial charge in [-0.2, -0.15) is 0 Å². The highest BCUT2D eigenvalue weighted by Gasteiger charge is 2.12. The van der Waals surface area contributed by atoms with E-state index in [1.165, 1.54) is 11.3 Å². The Balaban J connectivity index is 1.87. The molecular formula is C16H15N3O2S. The van der Waals surface area contributed by atoms with E-state index in [4.69, 9.17) is 4.74 Å². The third-order valence-corrected chi connectivity index (χ3v) is 4.08. The number of rotatable bonds is 3. The summed E-state index contributed by atoms with van der Waals surface area (Å²) >= 11 is 1.41. The first kappa shape index (κ1) is 14.5. The molecule has 0 aliphatic carbocycles. The average Bonchev–Trinajstić information content (AvgIpc) is 2.87. The summed E-state index contributed by atoms with van der Waals surface area (Å²) in [6, 6.07) is 9.31. The third kappa shape index (κ3) is 2.92. The number of hydrogen-bond donors (Lipinski definition) is 1. The smallest absolute Gasteiger partial charge is 0.276 e. The number of ether oxygens (including phenoxy) is 1. The van der Waals surface area contributed by atoms with Gasteiger partial charge in [-0.25, -0.2) is 9.97 Å². The van der Waals surface area contributed by atoms with Crippen LogP contribution < -0.4 is 10.1 Å². The fraction of sp³-hybridized carbons (Fsp3) is 0.188. The van der Waals surface area contributed by atoms with Crippen LogP contribution in [0.25, 0.3) is 10.2 Å². The molecule has 112 valence electrons. The molecule has 0 atom stereocenters. The monoisotopic (exact) mass is 313 g/mol. The number of aromatic nitrogens is 2. The van der Waals surface area contributed by atoms with Crippen LogP contribution >= 0.6 is 11.3 Å². The van der Waals surface area contributed by atoms with Crippen molar-refractivity contribution in [1.29, 1.82) is 0 Å². The minimum absolute atomic E-state index is 0.252. The first-order valence-corrected chi connectivity index (χ1v) is 7.58. The molecule has 0 radical (unpaired) electrons. The lowest BCUT2D eigenvalue weighted by molar-refractivity contribution is 0.102. The number of methoxy groups -OCH3 is 1. The highest BCUT2D eigenvalue weighted by atomic mass is 32.1. The molecule has 22 heavy (non-hydrogen) atoms. The fourth-order valence-corrected chi connectivity index (χ4v) is 3.09. The number of aryl methyl sites for hydroxylation is 2. The molecule has 2 aromatic heterocycles. The lowest BCUT2D eigenvalue weighted by atomic mass is 10.2. The van der Waals surface area contributed by atoms with Gasteiger partial charge in [0.1, 0.15) is 11.4 Å². The molecule has 2 heterocycles. The maximum Gasteiger partial charge on any atom is 0.276 e. The molecule has 0 fully saturated rings. The van der Waals surface area contributed by atoms with E-state index < -0.39 is 0 Å². The van der Waals surface area contributed by atoms with Crippen molar-refractivity contribution >= 4 is 32.6 Å². The number of amides is 1. The van der Waals surface area contributed by atoms with Crippen LogP contribution in [0, 0.1) is 13.8 Å². The van der Waals surface area contributed by atoms with Gasteiger partial charge >= 0.3 is 0 Å². The van der Waals surface area contributed by atoms with Crippen LogP contribution in [-0.2, 0) is 0 Å². The normalized spacial score (nSPS) is 10.7. The molecule has 0 unspecified atom stereocenters. The predicted octanol–water partition coefficient (Wildman–Crippen LogP) is 3.57. The van der Waals surface area contributed by atoms with Gasteiger partial charge in [-0.15, -0.1) is 0 Å². The number of nitrogens with zero attached hydrogens (tertiary/aromatic N) is 2. The lowest BCUT2D eigenvalue weighted by Crippen LogP contribution is -2.14. The predicted molar refractivity (Wildman–Crippen MR) is 87.8 cm³/mol. The van der Waals surface area contributed by atoms with Crippen LogP contribution in [0.4, 0.5) is 5.13 Å². The van der Waals surface area contributed by atoms with Gasteiger partial charge in [0.15, 0.2) is 5.13 Å². The average molecular weight is 313 g/mol. The van der Waals surface area contributed by atoms with E-state index in [1.807, 2.05) is 38.1 Å². The molecule has 1 aromatic carbocycles. The molecule has 3 rings (SSSR count). The number of carbonyl (C=O) groups is 1. The summed E-state index contributed by atoms with van der Waals surface area (Å²) in [6.45, 7) is 3.81. The Morgan fingerprint density at radius 3 is 2.73 bits per heavy atom. The van der Waals surface area contributed by atoms with Crippen molar-refractivity contribution < 1.29 is 9.53 Å². The second-order valence-electron chi connectivity index (χ2n) is 4.98. The minimum atomic E-state index is -0.252. The zero-order valence-corrected chi connectivity index (χ0v) is 13.3. The maximum atomic E-state index is 12.3. The first-order valence-electron chi connectivity index (χ1n) is 6.76. The number of nitrogens with one attached hydrogen (secondary N) is 1. The van der Waals surface area contributed by atoms with Crippen LogP contribution in [0.15, 0.2) is 30.3 Å². The van der Waals surface area contributed by atoms with Gasteiger partial charge in [0.2, 0.25) is 0 Å². The van der Waals surface area contributed by atoms with Crippen molar-refractivity contribution in [3.05, 3.63) is 47.3 Å². The summed E-state index contributed by atoms with van der Waals surface area (Å²) in [7, 11) is 1.62. The summed E-state index contributed by atoms with van der Waals surface area (Å²) in [4.78, 5) is 20.9. The Hall–Kier alpha value is -2.47. The second kappa shape index (κ2) is 5.73. The summed E-state index contributed by atoms with van der Waals surface area (Å²) < 4.78 is 6.15. The van der Waals surface area contributed by atoms with Crippen molar-refractivity contribution in [2.75, 3.05) is 12.4 Å². The van der Waals surface area contributed by atoms with Gasteiger partial charge in [-0.1, -0.05) is 11.3 Å². The lowest BCUT2D eigenvalue weighted by Gasteiger charge is -2.03. The number of benzene rings is 1. The largest absolute Gasteiger partial charge is 0.497 e. The molecule has 0 spiro atoms. The zero-order valence-electron chi connectivity index (χ0n) is 12.5. The van der Waals surface area contributed by atoms with Crippen molar-refractivity contribution in [2.45, 2.75) is 13.8 Å². The molecule has 6 heteroatoms. The van der Waals surface area contributed by atoms with E-state index in [0.29, 0.717) is 10.8 Å². The maximum absolute atomic E-state index is 12.3. The highest BCUT2D eigenvalue weighted by molar-refractivity contribution is 7.22. The quantitative estimate of drug-likeness (QED) is 0.803. The number of thiazole rings is 1. The van der Waals surface area contributed by atoms with Crippen molar-refractivity contribution in [3.8, 4) is 5.75 Å². The third-order valence-electron chi connectivity index (χ3n) is 3.15. The molecule has 1 N–H and O–H groups in total. The molecule has 0 saturated heterocycles. The number of fused-ring (bicyclic) bond motifs is 1. The number of carbonyl (C=O) groups excluding carboxylic acids is 1. The summed E-state index contributed by atoms with van der Waals surface area (Å²) in [5.74, 6) is 0.517. The van der Waals surface area contributed by atoms with Gasteiger partial charge < -0.3 is 4.74 Å². The molecule has 0 bridgehead atoms. The SMILES string of the molecule is COc1ccc2nc(NC(=O)c3cc(C)cc(C)n3)sc2c1. The van der Waals surface area contributed by atoms with Crippen molar-refractivity contribution in [2.24, 2.45) is 0 Å². The van der Waals surface area contributed by atoms with Gasteiger partial charge in [0.05, 0.1) is 17.3 Å². The molecule has 0 saturated carbocycles. The van der Waals surface area contributed by atoms with Crippen LogP contribution in [0.2, 0.25) is 0 Å². The Labute approximate surface area is 132 Å². The van der Waals surface area contributed by atoms with E-state index in [2.05, 4.69) is 15.3 Å². The topological polar surface area (TPSA) is 64.1 Å². The molecule has 1 amide bonds. The number of pyridine rings is 1. The highest BCUT2D eigenvalue weighted by Crippen LogP contribution is 2.29. The van der Waals surface area contributed by atoms with Crippen LogP contribution in [0.3, 0.4) is 0 Å². The van der Waals surface area contributed by atoms with Crippen LogP contribution in [-0.4, -0.2) is 23.0 Å². The van der Waals surface area contributed by atoms with Crippen LogP contribution in [0.1, 0.15) is 21.7 Å². The molecule has 5 nitrogen and oxygen atoms in total. The summed E-state index contributed by atoms with van der Waals surface area (Å²) in [5, 5.41) is 3.35. The zero-order chi connectivity index (χ0) is 15.7. The van der Waals surface area contributed by atoms with E-state index in [1.54, 1.807) is 13.2 Å². The standard InChI is InChI=1S/C16H15N3O2S/c1-9-6-10(2)17-13(7-9)15(20)19-16-18-12-5-4-11(21-3)8-14(12)22-16/h4-8H,1-3H3,(H,18,19,20). The van der Waals surface area contributed by atoms with E-state index >= 15 is 0 Å². The first-order chi connectivity index (χ1) is 10.5. The van der Waals surface area contributed by atoms with Crippen molar-refractivity contribution in [1.82, 2.24) is 9.97 Å². The second-order valence-corrected chi connectivity index (χ2v) is 6.01. The number of hydrogen-bond acceptors (Lipinski definition) is 5. The van der Waals surface area contributed by atoms with Crippen molar-refractivity contribution in [3.63, 3.8) is 0 Å². The van der Waals surface area contributed by atoms with Crippen LogP contribution in [0.5, 0.6) is 5.75 Å². The Bertz CT molecular complexity index is 837. The molecular weight excluding hydrogens is 298 g/mol. The van der Waals surface area contributed by atoms with Gasteiger partial charge in [-0.05, 0) is 49.7 Å². The summed E-state index contributed by atoms with van der Waals surface area (Å²) in [5.41, 5.74) is 3.05. The van der Waals surface area contributed by atoms with E-state index in [9.17, 15) is 4.79 Å². The van der Waals surface area contributed by atoms with Gasteiger partial charge in [0.25, 0.3) is 5.91 Å². The number of anilines is 1.